The second-order valence-electron chi connectivity index (χ2n) is 4.37. The Bertz CT molecular complexity index is 637. The van der Waals surface area contributed by atoms with Gasteiger partial charge in [0.05, 0.1) is 20.3 Å². The SMILES string of the molecule is COc1ccc(OC)c(C(NN)c2ccc(Br)cc2Cl)c1. The number of halogens is 2. The summed E-state index contributed by atoms with van der Waals surface area (Å²) >= 11 is 9.72. The summed E-state index contributed by atoms with van der Waals surface area (Å²) in [5.74, 6) is 7.17. The summed E-state index contributed by atoms with van der Waals surface area (Å²) in [7, 11) is 3.23. The number of ether oxygens (including phenoxy) is 2. The molecule has 112 valence electrons. The van der Waals surface area contributed by atoms with E-state index in [1.165, 1.54) is 0 Å². The van der Waals surface area contributed by atoms with Gasteiger partial charge in [0.25, 0.3) is 0 Å². The quantitative estimate of drug-likeness (QED) is 0.622. The molecule has 0 radical (unpaired) electrons. The molecule has 0 aliphatic carbocycles. The molecule has 6 heteroatoms. The molecule has 0 saturated carbocycles. The normalized spacial score (nSPS) is 12.0. The van der Waals surface area contributed by atoms with Crippen molar-refractivity contribution in [2.75, 3.05) is 14.2 Å². The van der Waals surface area contributed by atoms with Crippen LogP contribution >= 0.6 is 27.5 Å². The molecule has 3 N–H and O–H groups in total. The van der Waals surface area contributed by atoms with Gasteiger partial charge in [-0.15, -0.1) is 0 Å². The van der Waals surface area contributed by atoms with Crippen LogP contribution in [0.4, 0.5) is 0 Å². The van der Waals surface area contributed by atoms with Gasteiger partial charge < -0.3 is 9.47 Å². The van der Waals surface area contributed by atoms with Crippen molar-refractivity contribution in [1.82, 2.24) is 5.43 Å². The van der Waals surface area contributed by atoms with Crippen LogP contribution in [0.25, 0.3) is 0 Å². The van der Waals surface area contributed by atoms with Crippen molar-refractivity contribution in [2.24, 2.45) is 5.84 Å². The van der Waals surface area contributed by atoms with Crippen LogP contribution in [0.3, 0.4) is 0 Å². The van der Waals surface area contributed by atoms with Crippen LogP contribution in [0.15, 0.2) is 40.9 Å². The molecule has 0 heterocycles. The van der Waals surface area contributed by atoms with Gasteiger partial charge in [-0.1, -0.05) is 33.6 Å². The zero-order valence-electron chi connectivity index (χ0n) is 11.7. The highest BCUT2D eigenvalue weighted by Crippen LogP contribution is 2.36. The molecule has 2 aromatic carbocycles. The molecule has 0 aliphatic heterocycles. The Hall–Kier alpha value is -1.27. The minimum atomic E-state index is -0.310. The second kappa shape index (κ2) is 7.13. The monoisotopic (exact) mass is 370 g/mol. The predicted octanol–water partition coefficient (Wildman–Crippen LogP) is 3.67. The number of benzene rings is 2. The number of nitrogens with two attached hydrogens (primary N) is 1. The number of rotatable bonds is 5. The van der Waals surface area contributed by atoms with Crippen molar-refractivity contribution in [3.8, 4) is 11.5 Å². The third-order valence-electron chi connectivity index (χ3n) is 3.19. The van der Waals surface area contributed by atoms with E-state index in [0.29, 0.717) is 10.8 Å². The fraction of sp³-hybridized carbons (Fsp3) is 0.200. The Morgan fingerprint density at radius 2 is 1.86 bits per heavy atom. The highest BCUT2D eigenvalue weighted by molar-refractivity contribution is 9.10. The molecule has 1 unspecified atom stereocenters. The molecular formula is C15H16BrClN2O2. The molecule has 2 rings (SSSR count). The van der Waals surface area contributed by atoms with Gasteiger partial charge in [0.15, 0.2) is 0 Å². The van der Waals surface area contributed by atoms with E-state index < -0.39 is 0 Å². The molecule has 0 saturated heterocycles. The summed E-state index contributed by atoms with van der Waals surface area (Å²) in [6.07, 6.45) is 0. The smallest absolute Gasteiger partial charge is 0.124 e. The first-order chi connectivity index (χ1) is 10.1. The predicted molar refractivity (Wildman–Crippen MR) is 87.9 cm³/mol. The molecule has 21 heavy (non-hydrogen) atoms. The number of hydrazine groups is 1. The van der Waals surface area contributed by atoms with Crippen LogP contribution in [-0.4, -0.2) is 14.2 Å². The van der Waals surface area contributed by atoms with Gasteiger partial charge in [-0.05, 0) is 35.9 Å². The summed E-state index contributed by atoms with van der Waals surface area (Å²) in [5, 5.41) is 0.609. The Labute approximate surface area is 137 Å². The van der Waals surface area contributed by atoms with Crippen molar-refractivity contribution in [1.29, 1.82) is 0 Å². The average molecular weight is 372 g/mol. The Morgan fingerprint density at radius 3 is 2.43 bits per heavy atom. The molecule has 1 atom stereocenters. The van der Waals surface area contributed by atoms with Crippen LogP contribution < -0.4 is 20.7 Å². The van der Waals surface area contributed by atoms with Crippen molar-refractivity contribution >= 4 is 27.5 Å². The fourth-order valence-corrected chi connectivity index (χ4v) is 2.93. The highest BCUT2D eigenvalue weighted by atomic mass is 79.9. The number of methoxy groups -OCH3 is 2. The lowest BCUT2D eigenvalue weighted by Gasteiger charge is -2.21. The van der Waals surface area contributed by atoms with E-state index in [9.17, 15) is 0 Å². The van der Waals surface area contributed by atoms with Gasteiger partial charge in [0.1, 0.15) is 11.5 Å². The first-order valence-electron chi connectivity index (χ1n) is 6.23. The first-order valence-corrected chi connectivity index (χ1v) is 7.40. The summed E-state index contributed by atoms with van der Waals surface area (Å²) in [4.78, 5) is 0. The number of hydrogen-bond acceptors (Lipinski definition) is 4. The zero-order valence-corrected chi connectivity index (χ0v) is 14.0. The molecule has 0 fully saturated rings. The van der Waals surface area contributed by atoms with Crippen LogP contribution in [0.2, 0.25) is 5.02 Å². The van der Waals surface area contributed by atoms with Crippen LogP contribution in [0.1, 0.15) is 17.2 Å². The largest absolute Gasteiger partial charge is 0.497 e. The van der Waals surface area contributed by atoms with E-state index >= 15 is 0 Å². The fourth-order valence-electron chi connectivity index (χ4n) is 2.15. The lowest BCUT2D eigenvalue weighted by molar-refractivity contribution is 0.394. The molecule has 2 aromatic rings. The summed E-state index contributed by atoms with van der Waals surface area (Å²) in [5.41, 5.74) is 4.49. The Kier molecular flexibility index (Phi) is 5.47. The summed E-state index contributed by atoms with van der Waals surface area (Å²) < 4.78 is 11.6. The maximum atomic E-state index is 6.32. The lowest BCUT2D eigenvalue weighted by atomic mass is 9.98. The van der Waals surface area contributed by atoms with E-state index in [2.05, 4.69) is 21.4 Å². The van der Waals surface area contributed by atoms with Gasteiger partial charge in [-0.25, -0.2) is 5.43 Å². The number of hydrogen-bond donors (Lipinski definition) is 2. The third-order valence-corrected chi connectivity index (χ3v) is 4.01. The minimum absolute atomic E-state index is 0.310. The molecule has 0 aromatic heterocycles. The maximum Gasteiger partial charge on any atom is 0.124 e. The average Bonchev–Trinajstić information content (AvgIpc) is 2.49. The zero-order chi connectivity index (χ0) is 15.4. The van der Waals surface area contributed by atoms with E-state index in [1.54, 1.807) is 14.2 Å². The van der Waals surface area contributed by atoms with Gasteiger partial charge in [-0.3, -0.25) is 5.84 Å². The molecule has 0 bridgehead atoms. The lowest BCUT2D eigenvalue weighted by Crippen LogP contribution is -2.29. The Balaban J connectivity index is 2.54. The van der Waals surface area contributed by atoms with Crippen molar-refractivity contribution in [3.05, 3.63) is 57.0 Å². The van der Waals surface area contributed by atoms with Gasteiger partial charge >= 0.3 is 0 Å². The highest BCUT2D eigenvalue weighted by Gasteiger charge is 2.20. The van der Waals surface area contributed by atoms with Crippen molar-refractivity contribution in [2.45, 2.75) is 6.04 Å². The van der Waals surface area contributed by atoms with E-state index in [1.807, 2.05) is 36.4 Å². The first kappa shape index (κ1) is 16.1. The van der Waals surface area contributed by atoms with Crippen LogP contribution in [-0.2, 0) is 0 Å². The molecule has 4 nitrogen and oxygen atoms in total. The topological polar surface area (TPSA) is 56.5 Å². The molecule has 0 amide bonds. The van der Waals surface area contributed by atoms with Crippen molar-refractivity contribution < 1.29 is 9.47 Å². The Morgan fingerprint density at radius 1 is 1.10 bits per heavy atom. The van der Waals surface area contributed by atoms with Crippen LogP contribution in [0.5, 0.6) is 11.5 Å². The minimum Gasteiger partial charge on any atom is -0.497 e. The molecular weight excluding hydrogens is 356 g/mol. The summed E-state index contributed by atoms with van der Waals surface area (Å²) in [6.45, 7) is 0. The maximum absolute atomic E-state index is 6.32. The standard InChI is InChI=1S/C15H16BrClN2O2/c1-20-10-4-6-14(21-2)12(8-10)15(19-18)11-5-3-9(16)7-13(11)17/h3-8,15,19H,18H2,1-2H3. The van der Waals surface area contributed by atoms with E-state index in [-0.39, 0.29) is 6.04 Å². The van der Waals surface area contributed by atoms with Gasteiger partial charge in [-0.2, -0.15) is 0 Å². The van der Waals surface area contributed by atoms with Gasteiger partial charge in [0.2, 0.25) is 0 Å². The molecule has 0 spiro atoms. The van der Waals surface area contributed by atoms with Crippen molar-refractivity contribution in [3.63, 3.8) is 0 Å². The third kappa shape index (κ3) is 3.49. The van der Waals surface area contributed by atoms with E-state index in [0.717, 1.165) is 21.3 Å². The summed E-state index contributed by atoms with van der Waals surface area (Å²) in [6, 6.07) is 10.9. The number of nitrogens with one attached hydrogen (secondary N) is 1. The molecule has 0 aliphatic rings. The second-order valence-corrected chi connectivity index (χ2v) is 5.70. The van der Waals surface area contributed by atoms with Crippen LogP contribution in [0, 0.1) is 0 Å². The van der Waals surface area contributed by atoms with Gasteiger partial charge in [0, 0.05) is 15.1 Å². The van der Waals surface area contributed by atoms with E-state index in [4.69, 9.17) is 26.9 Å².